The number of hydrogen-bond donors (Lipinski definition) is 1. The highest BCUT2D eigenvalue weighted by atomic mass is 79.9. The molecular formula is C15H17Br2NOS. The Hall–Kier alpha value is -0.360. The number of nitrogens with two attached hydrogens (primary N) is 1. The molecule has 5 heteroatoms. The highest BCUT2D eigenvalue weighted by molar-refractivity contribution is 9.11. The van der Waals surface area contributed by atoms with Gasteiger partial charge in [0.25, 0.3) is 0 Å². The minimum Gasteiger partial charge on any atom is -0.492 e. The van der Waals surface area contributed by atoms with Crippen molar-refractivity contribution in [3.8, 4) is 5.75 Å². The topological polar surface area (TPSA) is 35.2 Å². The smallest absolute Gasteiger partial charge is 0.133 e. The normalized spacial score (nSPS) is 12.4. The summed E-state index contributed by atoms with van der Waals surface area (Å²) >= 11 is 8.78. The Morgan fingerprint density at radius 2 is 2.05 bits per heavy atom. The maximum atomic E-state index is 6.35. The molecule has 2 N–H and O–H groups in total. The lowest BCUT2D eigenvalue weighted by molar-refractivity contribution is 0.315. The van der Waals surface area contributed by atoms with Crippen LogP contribution in [-0.2, 0) is 0 Å². The molecule has 0 saturated carbocycles. The fraction of sp³-hybridized carbons (Fsp3) is 0.333. The summed E-state index contributed by atoms with van der Waals surface area (Å²) in [6.07, 6.45) is 0.996. The van der Waals surface area contributed by atoms with E-state index in [-0.39, 0.29) is 6.04 Å². The van der Waals surface area contributed by atoms with Crippen molar-refractivity contribution in [3.05, 3.63) is 48.5 Å². The minimum atomic E-state index is -0.110. The molecule has 1 unspecified atom stereocenters. The molecule has 0 aliphatic rings. The SMILES string of the molecule is CCCOc1ccc(C(N)c2cc(C)c(Br)s2)cc1Br. The van der Waals surface area contributed by atoms with E-state index in [0.29, 0.717) is 0 Å². The zero-order valence-corrected chi connectivity index (χ0v) is 15.4. The van der Waals surface area contributed by atoms with Crippen molar-refractivity contribution in [1.29, 1.82) is 0 Å². The van der Waals surface area contributed by atoms with Gasteiger partial charge in [-0.3, -0.25) is 0 Å². The second-order valence-corrected chi connectivity index (χ2v) is 7.88. The van der Waals surface area contributed by atoms with Gasteiger partial charge in [-0.25, -0.2) is 0 Å². The number of hydrogen-bond acceptors (Lipinski definition) is 3. The zero-order valence-electron chi connectivity index (χ0n) is 11.5. The molecule has 1 heterocycles. The van der Waals surface area contributed by atoms with Crippen LogP contribution >= 0.6 is 43.2 Å². The van der Waals surface area contributed by atoms with E-state index in [1.165, 1.54) is 5.56 Å². The van der Waals surface area contributed by atoms with Gasteiger partial charge in [0.15, 0.2) is 0 Å². The number of thiophene rings is 1. The van der Waals surface area contributed by atoms with Crippen LogP contribution in [0.15, 0.2) is 32.5 Å². The van der Waals surface area contributed by atoms with Crippen molar-refractivity contribution >= 4 is 43.2 Å². The van der Waals surface area contributed by atoms with E-state index in [1.807, 2.05) is 18.2 Å². The summed E-state index contributed by atoms with van der Waals surface area (Å²) in [6, 6.07) is 8.07. The second kappa shape index (κ2) is 7.07. The minimum absolute atomic E-state index is 0.110. The number of halogens is 2. The van der Waals surface area contributed by atoms with Crippen LogP contribution in [0.2, 0.25) is 0 Å². The van der Waals surface area contributed by atoms with Crippen LogP contribution in [0, 0.1) is 6.92 Å². The summed E-state index contributed by atoms with van der Waals surface area (Å²) in [5, 5.41) is 0. The molecule has 2 aromatic rings. The fourth-order valence-electron chi connectivity index (χ4n) is 1.84. The van der Waals surface area contributed by atoms with Crippen LogP contribution < -0.4 is 10.5 Å². The number of aryl methyl sites for hydroxylation is 1. The predicted molar refractivity (Wildman–Crippen MR) is 92.7 cm³/mol. The average Bonchev–Trinajstić information content (AvgIpc) is 2.76. The molecule has 1 aromatic carbocycles. The summed E-state index contributed by atoms with van der Waals surface area (Å²) in [4.78, 5) is 1.16. The van der Waals surface area contributed by atoms with E-state index in [9.17, 15) is 0 Å². The Bertz CT molecular complexity index is 578. The van der Waals surface area contributed by atoms with Crippen LogP contribution in [-0.4, -0.2) is 6.61 Å². The molecule has 0 radical (unpaired) electrons. The second-order valence-electron chi connectivity index (χ2n) is 4.62. The first-order valence-corrected chi connectivity index (χ1v) is 8.86. The first-order chi connectivity index (χ1) is 9.52. The largest absolute Gasteiger partial charge is 0.492 e. The fourth-order valence-corrected chi connectivity index (χ4v) is 3.95. The van der Waals surface area contributed by atoms with Crippen molar-refractivity contribution in [2.24, 2.45) is 5.73 Å². The number of benzene rings is 1. The van der Waals surface area contributed by atoms with E-state index in [0.717, 1.165) is 37.5 Å². The van der Waals surface area contributed by atoms with E-state index >= 15 is 0 Å². The maximum absolute atomic E-state index is 6.35. The van der Waals surface area contributed by atoms with Gasteiger partial charge in [-0.05, 0) is 74.5 Å². The molecule has 20 heavy (non-hydrogen) atoms. The Labute approximate surface area is 140 Å². The van der Waals surface area contributed by atoms with Gasteiger partial charge in [-0.2, -0.15) is 0 Å². The lowest BCUT2D eigenvalue weighted by Gasteiger charge is -2.13. The maximum Gasteiger partial charge on any atom is 0.133 e. The van der Waals surface area contributed by atoms with Crippen LogP contribution in [0.5, 0.6) is 5.75 Å². The van der Waals surface area contributed by atoms with Crippen LogP contribution in [0.3, 0.4) is 0 Å². The molecule has 2 rings (SSSR count). The highest BCUT2D eigenvalue weighted by Gasteiger charge is 2.14. The molecule has 0 spiro atoms. The Morgan fingerprint density at radius 1 is 1.30 bits per heavy atom. The van der Waals surface area contributed by atoms with Crippen molar-refractivity contribution in [3.63, 3.8) is 0 Å². The van der Waals surface area contributed by atoms with Crippen molar-refractivity contribution in [2.45, 2.75) is 26.3 Å². The lowest BCUT2D eigenvalue weighted by Crippen LogP contribution is -2.10. The third-order valence-corrected chi connectivity index (χ3v) is 5.80. The molecule has 0 saturated heterocycles. The van der Waals surface area contributed by atoms with Gasteiger partial charge in [-0.1, -0.05) is 13.0 Å². The molecule has 108 valence electrons. The van der Waals surface area contributed by atoms with Gasteiger partial charge in [0.2, 0.25) is 0 Å². The van der Waals surface area contributed by atoms with E-state index in [1.54, 1.807) is 11.3 Å². The van der Waals surface area contributed by atoms with Crippen molar-refractivity contribution in [2.75, 3.05) is 6.61 Å². The third-order valence-electron chi connectivity index (χ3n) is 2.96. The molecule has 0 bridgehead atoms. The summed E-state index contributed by atoms with van der Waals surface area (Å²) < 4.78 is 7.75. The molecule has 0 amide bonds. The Kier molecular flexibility index (Phi) is 5.66. The monoisotopic (exact) mass is 417 g/mol. The molecule has 0 aliphatic heterocycles. The molecule has 0 fully saturated rings. The van der Waals surface area contributed by atoms with Crippen LogP contribution in [0.1, 0.15) is 35.4 Å². The van der Waals surface area contributed by atoms with Gasteiger partial charge < -0.3 is 10.5 Å². The number of ether oxygens (including phenoxy) is 1. The van der Waals surface area contributed by atoms with Crippen molar-refractivity contribution in [1.82, 2.24) is 0 Å². The lowest BCUT2D eigenvalue weighted by atomic mass is 10.1. The summed E-state index contributed by atoms with van der Waals surface area (Å²) in [5.41, 5.74) is 8.65. The first kappa shape index (κ1) is 16.0. The Morgan fingerprint density at radius 3 is 2.60 bits per heavy atom. The zero-order chi connectivity index (χ0) is 14.7. The van der Waals surface area contributed by atoms with E-state index < -0.39 is 0 Å². The highest BCUT2D eigenvalue weighted by Crippen LogP contribution is 2.35. The number of rotatable bonds is 5. The molecule has 1 atom stereocenters. The molecule has 1 aromatic heterocycles. The quantitative estimate of drug-likeness (QED) is 0.703. The van der Waals surface area contributed by atoms with Crippen LogP contribution in [0.4, 0.5) is 0 Å². The predicted octanol–water partition coefficient (Wildman–Crippen LogP) is 5.42. The van der Waals surface area contributed by atoms with Gasteiger partial charge in [0, 0.05) is 4.88 Å². The first-order valence-electron chi connectivity index (χ1n) is 6.46. The van der Waals surface area contributed by atoms with Gasteiger partial charge in [0.1, 0.15) is 5.75 Å². The van der Waals surface area contributed by atoms with Crippen molar-refractivity contribution < 1.29 is 4.74 Å². The Balaban J connectivity index is 2.22. The van der Waals surface area contributed by atoms with E-state index in [2.05, 4.69) is 51.8 Å². The van der Waals surface area contributed by atoms with Gasteiger partial charge in [-0.15, -0.1) is 11.3 Å². The average molecular weight is 419 g/mol. The standard InChI is InChI=1S/C15H17Br2NOS/c1-3-6-19-12-5-4-10(8-11(12)16)14(18)13-7-9(2)15(17)20-13/h4-5,7-8,14H,3,6,18H2,1-2H3. The molecule has 0 aliphatic carbocycles. The van der Waals surface area contributed by atoms with Crippen LogP contribution in [0.25, 0.3) is 0 Å². The molecular weight excluding hydrogens is 402 g/mol. The van der Waals surface area contributed by atoms with Gasteiger partial charge in [0.05, 0.1) is 20.9 Å². The third kappa shape index (κ3) is 3.64. The summed E-state index contributed by atoms with van der Waals surface area (Å²) in [5.74, 6) is 0.867. The summed E-state index contributed by atoms with van der Waals surface area (Å²) in [7, 11) is 0. The van der Waals surface area contributed by atoms with E-state index in [4.69, 9.17) is 10.5 Å². The van der Waals surface area contributed by atoms with Gasteiger partial charge >= 0.3 is 0 Å². The molecule has 2 nitrogen and oxygen atoms in total. The summed E-state index contributed by atoms with van der Waals surface area (Å²) in [6.45, 7) is 4.89.